The fourth-order valence-electron chi connectivity index (χ4n) is 3.02. The lowest BCUT2D eigenvalue weighted by Gasteiger charge is -2.18. The maximum Gasteiger partial charge on any atom is 0.254 e. The number of ether oxygens (including phenoxy) is 2. The van der Waals surface area contributed by atoms with Gasteiger partial charge in [0, 0.05) is 36.5 Å². The summed E-state index contributed by atoms with van der Waals surface area (Å²) in [5.41, 5.74) is 0.331. The van der Waals surface area contributed by atoms with Gasteiger partial charge >= 0.3 is 0 Å². The fourth-order valence-corrected chi connectivity index (χ4v) is 4.11. The summed E-state index contributed by atoms with van der Waals surface area (Å²) >= 11 is 0. The zero-order valence-electron chi connectivity index (χ0n) is 18.1. The first-order valence-electron chi connectivity index (χ1n) is 9.89. The van der Waals surface area contributed by atoms with E-state index in [0.29, 0.717) is 11.6 Å². The highest BCUT2D eigenvalue weighted by Gasteiger charge is 2.23. The molecule has 1 heterocycles. The van der Waals surface area contributed by atoms with Crippen LogP contribution < -0.4 is 15.0 Å². The topological polar surface area (TPSA) is 74.6 Å². The number of aryl methyl sites for hydroxylation is 1. The van der Waals surface area contributed by atoms with Crippen LogP contribution in [0.1, 0.15) is 20.8 Å². The van der Waals surface area contributed by atoms with Gasteiger partial charge in [0.2, 0.25) is 0 Å². The normalized spacial score (nSPS) is 11.6. The summed E-state index contributed by atoms with van der Waals surface area (Å²) < 4.78 is 65.7. The molecular weight excluding hydrogens is 440 g/mol. The summed E-state index contributed by atoms with van der Waals surface area (Å²) in [6.45, 7) is 5.12. The van der Waals surface area contributed by atoms with Gasteiger partial charge in [0.15, 0.2) is 21.4 Å². The highest BCUT2D eigenvalue weighted by Crippen LogP contribution is 2.40. The Bertz CT molecular complexity index is 1320. The van der Waals surface area contributed by atoms with Crippen molar-refractivity contribution in [3.05, 3.63) is 70.6 Å². The third kappa shape index (κ3) is 4.67. The highest BCUT2D eigenvalue weighted by molar-refractivity contribution is 7.92. The van der Waals surface area contributed by atoms with E-state index >= 15 is 0 Å². The number of nitrogens with zero attached hydrogens (tertiary/aromatic N) is 1. The number of sulfone groups is 1. The maximum absolute atomic E-state index is 14.2. The minimum Gasteiger partial charge on any atom is -0.493 e. The van der Waals surface area contributed by atoms with Crippen molar-refractivity contribution in [3.63, 3.8) is 0 Å². The fraction of sp³-hybridized carbons (Fsp3) is 0.261. The number of halogens is 2. The number of aromatic nitrogens is 1. The van der Waals surface area contributed by atoms with Crippen molar-refractivity contribution in [1.82, 2.24) is 4.57 Å². The van der Waals surface area contributed by atoms with E-state index in [1.807, 2.05) is 0 Å². The zero-order valence-corrected chi connectivity index (χ0v) is 18.9. The van der Waals surface area contributed by atoms with Crippen LogP contribution in [0.2, 0.25) is 0 Å². The molecule has 0 N–H and O–H groups in total. The Hall–Kier alpha value is -3.20. The lowest BCUT2D eigenvalue weighted by molar-refractivity contribution is 0.340. The van der Waals surface area contributed by atoms with E-state index in [4.69, 9.17) is 9.47 Å². The van der Waals surface area contributed by atoms with E-state index < -0.39 is 26.7 Å². The Morgan fingerprint density at radius 1 is 0.969 bits per heavy atom. The predicted molar refractivity (Wildman–Crippen MR) is 117 cm³/mol. The minimum atomic E-state index is -3.64. The van der Waals surface area contributed by atoms with E-state index in [1.165, 1.54) is 42.1 Å². The van der Waals surface area contributed by atoms with Gasteiger partial charge in [-0.25, -0.2) is 17.2 Å². The van der Waals surface area contributed by atoms with Crippen LogP contribution in [-0.2, 0) is 16.9 Å². The van der Waals surface area contributed by atoms with E-state index in [9.17, 15) is 22.0 Å². The molecule has 3 rings (SSSR count). The largest absolute Gasteiger partial charge is 0.493 e. The monoisotopic (exact) mass is 463 g/mol. The van der Waals surface area contributed by atoms with E-state index in [0.717, 1.165) is 12.1 Å². The molecule has 0 amide bonds. The smallest absolute Gasteiger partial charge is 0.254 e. The molecule has 170 valence electrons. The lowest BCUT2D eigenvalue weighted by atomic mass is 10.1. The number of benzene rings is 2. The summed E-state index contributed by atoms with van der Waals surface area (Å²) in [6.07, 6.45) is 1.49. The van der Waals surface area contributed by atoms with Gasteiger partial charge in [-0.15, -0.1) is 0 Å². The highest BCUT2D eigenvalue weighted by atomic mass is 32.2. The second-order valence-electron chi connectivity index (χ2n) is 7.36. The molecule has 1 aromatic heterocycles. The molecule has 0 aliphatic heterocycles. The van der Waals surface area contributed by atoms with Crippen molar-refractivity contribution >= 4 is 9.84 Å². The number of hydrogen-bond acceptors (Lipinski definition) is 5. The van der Waals surface area contributed by atoms with Gasteiger partial charge < -0.3 is 14.0 Å². The van der Waals surface area contributed by atoms with Crippen LogP contribution in [0.25, 0.3) is 11.1 Å². The molecule has 0 atom stereocenters. The maximum atomic E-state index is 14.2. The van der Waals surface area contributed by atoms with Gasteiger partial charge in [0.05, 0.1) is 16.8 Å². The molecule has 6 nitrogen and oxygen atoms in total. The van der Waals surface area contributed by atoms with Crippen molar-refractivity contribution in [2.45, 2.75) is 30.9 Å². The summed E-state index contributed by atoms with van der Waals surface area (Å²) in [5.74, 6) is -1.59. The average Bonchev–Trinajstić information content (AvgIpc) is 2.73. The van der Waals surface area contributed by atoms with Crippen molar-refractivity contribution < 1.29 is 26.7 Å². The summed E-state index contributed by atoms with van der Waals surface area (Å²) in [7, 11) is -2.10. The molecule has 0 aliphatic rings. The molecule has 9 heteroatoms. The first-order chi connectivity index (χ1) is 15.0. The Balaban J connectivity index is 2.28. The van der Waals surface area contributed by atoms with Gasteiger partial charge in [0.1, 0.15) is 17.3 Å². The van der Waals surface area contributed by atoms with Crippen LogP contribution in [0.3, 0.4) is 0 Å². The van der Waals surface area contributed by atoms with Gasteiger partial charge in [-0.3, -0.25) is 4.79 Å². The molecule has 0 unspecified atom stereocenters. The first-order valence-corrected chi connectivity index (χ1v) is 11.4. The van der Waals surface area contributed by atoms with E-state index in [2.05, 4.69) is 0 Å². The molecular formula is C23H23F2NO5S. The van der Waals surface area contributed by atoms with Crippen LogP contribution in [-0.4, -0.2) is 24.8 Å². The standard InChI is InChI=1S/C23H23F2NO5S/c1-5-30-22-12-23(27)26(4)13-18(22)17-11-16(32(28,29)14(2)3)7-9-20(17)31-21-8-6-15(24)10-19(21)25/h6-14H,5H2,1-4H3. The second kappa shape index (κ2) is 9.12. The summed E-state index contributed by atoms with van der Waals surface area (Å²) in [6, 6.07) is 8.31. The van der Waals surface area contributed by atoms with Crippen molar-refractivity contribution in [1.29, 1.82) is 0 Å². The summed E-state index contributed by atoms with van der Waals surface area (Å²) in [4.78, 5) is 12.2. The zero-order chi connectivity index (χ0) is 23.6. The average molecular weight is 464 g/mol. The Morgan fingerprint density at radius 2 is 1.66 bits per heavy atom. The van der Waals surface area contributed by atoms with Crippen molar-refractivity contribution in [2.24, 2.45) is 7.05 Å². The van der Waals surface area contributed by atoms with Crippen LogP contribution in [0, 0.1) is 11.6 Å². The van der Waals surface area contributed by atoms with Crippen molar-refractivity contribution in [2.75, 3.05) is 6.61 Å². The SMILES string of the molecule is CCOc1cc(=O)n(C)cc1-c1cc(S(=O)(=O)C(C)C)ccc1Oc1ccc(F)cc1F. The van der Waals surface area contributed by atoms with Gasteiger partial charge in [-0.05, 0) is 51.1 Å². The van der Waals surface area contributed by atoms with Crippen LogP contribution in [0.4, 0.5) is 8.78 Å². The van der Waals surface area contributed by atoms with E-state index in [-0.39, 0.29) is 39.9 Å². The lowest BCUT2D eigenvalue weighted by Crippen LogP contribution is -2.16. The number of rotatable bonds is 7. The summed E-state index contributed by atoms with van der Waals surface area (Å²) in [5, 5.41) is -0.678. The minimum absolute atomic E-state index is 0.0331. The third-order valence-electron chi connectivity index (χ3n) is 4.79. The molecule has 0 bridgehead atoms. The number of pyridine rings is 1. The predicted octanol–water partition coefficient (Wildman–Crippen LogP) is 4.70. The quantitative estimate of drug-likeness (QED) is 0.508. The Labute approximate surface area is 185 Å². The molecule has 0 saturated carbocycles. The van der Waals surface area contributed by atoms with E-state index in [1.54, 1.807) is 20.8 Å². The Kier molecular flexibility index (Phi) is 6.68. The molecule has 3 aromatic rings. The molecule has 0 fully saturated rings. The Morgan fingerprint density at radius 3 is 2.28 bits per heavy atom. The second-order valence-corrected chi connectivity index (χ2v) is 9.87. The van der Waals surface area contributed by atoms with Gasteiger partial charge in [0.25, 0.3) is 5.56 Å². The molecule has 2 aromatic carbocycles. The van der Waals surface area contributed by atoms with Crippen molar-refractivity contribution in [3.8, 4) is 28.4 Å². The molecule has 0 saturated heterocycles. The molecule has 32 heavy (non-hydrogen) atoms. The van der Waals surface area contributed by atoms with Crippen LogP contribution >= 0.6 is 0 Å². The molecule has 0 radical (unpaired) electrons. The van der Waals surface area contributed by atoms with Crippen LogP contribution in [0.15, 0.2) is 58.4 Å². The van der Waals surface area contributed by atoms with Gasteiger partial charge in [-0.2, -0.15) is 0 Å². The first kappa shape index (κ1) is 23.5. The molecule has 0 aliphatic carbocycles. The molecule has 0 spiro atoms. The third-order valence-corrected chi connectivity index (χ3v) is 6.95. The number of hydrogen-bond donors (Lipinski definition) is 0. The van der Waals surface area contributed by atoms with Gasteiger partial charge in [-0.1, -0.05) is 0 Å². The van der Waals surface area contributed by atoms with Crippen LogP contribution in [0.5, 0.6) is 17.2 Å².